The molecule has 0 aromatic carbocycles. The number of rotatable bonds is 5. The van der Waals surface area contributed by atoms with Crippen LogP contribution in [-0.2, 0) is 4.79 Å². The third-order valence-electron chi connectivity index (χ3n) is 1.58. The zero-order valence-electron chi connectivity index (χ0n) is 7.68. The van der Waals surface area contributed by atoms with Gasteiger partial charge in [0.2, 0.25) is 0 Å². The molecule has 64 valence electrons. The first-order chi connectivity index (χ1) is 5.16. The predicted molar refractivity (Wildman–Crippen MR) is 47.3 cm³/mol. The maximum absolute atomic E-state index is 10.1. The van der Waals surface area contributed by atoms with E-state index in [2.05, 4.69) is 19.0 Å². The molecule has 2 nitrogen and oxygen atoms in total. The summed E-state index contributed by atoms with van der Waals surface area (Å²) in [6.07, 6.45) is 3.16. The summed E-state index contributed by atoms with van der Waals surface area (Å²) in [6.45, 7) is 2.94. The molecule has 0 aliphatic rings. The normalized spacial score (nSPS) is 9.82. The summed E-state index contributed by atoms with van der Waals surface area (Å²) in [5, 5.41) is 0. The van der Waals surface area contributed by atoms with E-state index in [1.807, 2.05) is 12.9 Å². The second-order valence-corrected chi connectivity index (χ2v) is 3.14. The number of allylic oxidation sites excluding steroid dienone is 1. The molecule has 0 unspecified atom stereocenters. The van der Waals surface area contributed by atoms with Gasteiger partial charge in [-0.15, -0.1) is 0 Å². The molecule has 0 rings (SSSR count). The Morgan fingerprint density at radius 3 is 2.45 bits per heavy atom. The van der Waals surface area contributed by atoms with Crippen molar-refractivity contribution in [2.45, 2.75) is 26.2 Å². The third kappa shape index (κ3) is 7.31. The Labute approximate surface area is 68.9 Å². The Hall–Kier alpha value is -0.590. The van der Waals surface area contributed by atoms with Crippen LogP contribution in [0.2, 0.25) is 0 Å². The highest BCUT2D eigenvalue weighted by Crippen LogP contribution is 2.02. The van der Waals surface area contributed by atoms with Gasteiger partial charge in [0.05, 0.1) is 0 Å². The SMILES string of the molecule is CC(=C=O)CCCCN(C)C. The summed E-state index contributed by atoms with van der Waals surface area (Å²) in [4.78, 5) is 12.2. The van der Waals surface area contributed by atoms with Gasteiger partial charge in [-0.2, -0.15) is 0 Å². The van der Waals surface area contributed by atoms with Crippen molar-refractivity contribution < 1.29 is 4.79 Å². The van der Waals surface area contributed by atoms with Crippen LogP contribution in [0, 0.1) is 0 Å². The van der Waals surface area contributed by atoms with Gasteiger partial charge in [-0.1, -0.05) is 0 Å². The molecule has 2 heteroatoms. The van der Waals surface area contributed by atoms with Crippen LogP contribution in [0.5, 0.6) is 0 Å². The van der Waals surface area contributed by atoms with Crippen molar-refractivity contribution in [1.29, 1.82) is 0 Å². The van der Waals surface area contributed by atoms with E-state index < -0.39 is 0 Å². The van der Waals surface area contributed by atoms with E-state index in [0.717, 1.165) is 31.4 Å². The average molecular weight is 155 g/mol. The number of carbonyl (C=O) groups excluding carboxylic acids is 1. The van der Waals surface area contributed by atoms with E-state index in [1.54, 1.807) is 0 Å². The minimum Gasteiger partial charge on any atom is -0.309 e. The quantitative estimate of drug-likeness (QED) is 0.443. The molecule has 0 saturated carbocycles. The van der Waals surface area contributed by atoms with Gasteiger partial charge >= 0.3 is 0 Å². The molecule has 0 amide bonds. The van der Waals surface area contributed by atoms with Gasteiger partial charge in [0.25, 0.3) is 0 Å². The fraction of sp³-hybridized carbons (Fsp3) is 0.778. The van der Waals surface area contributed by atoms with Crippen LogP contribution in [-0.4, -0.2) is 31.5 Å². The zero-order chi connectivity index (χ0) is 8.69. The van der Waals surface area contributed by atoms with E-state index >= 15 is 0 Å². The third-order valence-corrected chi connectivity index (χ3v) is 1.58. The van der Waals surface area contributed by atoms with Crippen molar-refractivity contribution in [1.82, 2.24) is 4.90 Å². The summed E-state index contributed by atoms with van der Waals surface area (Å²) >= 11 is 0. The van der Waals surface area contributed by atoms with Crippen LogP contribution < -0.4 is 0 Å². The van der Waals surface area contributed by atoms with Crippen molar-refractivity contribution >= 4 is 5.94 Å². The molecule has 0 aliphatic heterocycles. The first-order valence-electron chi connectivity index (χ1n) is 4.02. The molecular weight excluding hydrogens is 138 g/mol. The monoisotopic (exact) mass is 155 g/mol. The molecule has 0 bridgehead atoms. The molecule has 0 fully saturated rings. The van der Waals surface area contributed by atoms with Crippen LogP contribution in [0.3, 0.4) is 0 Å². The van der Waals surface area contributed by atoms with Crippen LogP contribution in [0.1, 0.15) is 26.2 Å². The van der Waals surface area contributed by atoms with Gasteiger partial charge < -0.3 is 4.90 Å². The Bertz CT molecular complexity index is 146. The zero-order valence-corrected chi connectivity index (χ0v) is 7.68. The lowest BCUT2D eigenvalue weighted by molar-refractivity contribution is 0.394. The van der Waals surface area contributed by atoms with Gasteiger partial charge in [-0.3, -0.25) is 0 Å². The first kappa shape index (κ1) is 10.4. The Morgan fingerprint density at radius 1 is 1.36 bits per heavy atom. The summed E-state index contributed by atoms with van der Waals surface area (Å²) in [5.41, 5.74) is 0.837. The van der Waals surface area contributed by atoms with Crippen LogP contribution in [0.4, 0.5) is 0 Å². The molecule has 0 radical (unpaired) electrons. The summed E-state index contributed by atoms with van der Waals surface area (Å²) in [7, 11) is 4.12. The van der Waals surface area contributed by atoms with Crippen LogP contribution in [0.25, 0.3) is 0 Å². The van der Waals surface area contributed by atoms with E-state index in [9.17, 15) is 4.79 Å². The van der Waals surface area contributed by atoms with Crippen molar-refractivity contribution in [3.05, 3.63) is 5.57 Å². The van der Waals surface area contributed by atoms with Crippen LogP contribution in [0.15, 0.2) is 5.57 Å². The lowest BCUT2D eigenvalue weighted by atomic mass is 10.1. The second kappa shape index (κ2) is 6.14. The topological polar surface area (TPSA) is 20.3 Å². The van der Waals surface area contributed by atoms with Crippen LogP contribution >= 0.6 is 0 Å². The Kier molecular flexibility index (Phi) is 5.81. The maximum Gasteiger partial charge on any atom is 0.123 e. The fourth-order valence-electron chi connectivity index (χ4n) is 0.869. The average Bonchev–Trinajstić information content (AvgIpc) is 1.97. The molecule has 0 spiro atoms. The van der Waals surface area contributed by atoms with E-state index in [1.165, 1.54) is 0 Å². The molecule has 0 aromatic rings. The highest BCUT2D eigenvalue weighted by molar-refractivity contribution is 5.50. The lowest BCUT2D eigenvalue weighted by Crippen LogP contribution is -2.12. The van der Waals surface area contributed by atoms with Gasteiger partial charge in [0.15, 0.2) is 0 Å². The first-order valence-corrected chi connectivity index (χ1v) is 4.02. The summed E-state index contributed by atoms with van der Waals surface area (Å²) < 4.78 is 0. The second-order valence-electron chi connectivity index (χ2n) is 3.14. The van der Waals surface area contributed by atoms with E-state index in [0.29, 0.717) is 0 Å². The standard InChI is InChI=1S/C9H17NO/c1-9(8-11)6-4-5-7-10(2)3/h4-7H2,1-3H3. The van der Waals surface area contributed by atoms with E-state index in [4.69, 9.17) is 0 Å². The van der Waals surface area contributed by atoms with Gasteiger partial charge in [-0.25, -0.2) is 4.79 Å². The lowest BCUT2D eigenvalue weighted by Gasteiger charge is -2.07. The molecule has 0 atom stereocenters. The van der Waals surface area contributed by atoms with E-state index in [-0.39, 0.29) is 0 Å². The Balaban J connectivity index is 3.22. The highest BCUT2D eigenvalue weighted by atomic mass is 16.1. The molecule has 0 N–H and O–H groups in total. The van der Waals surface area contributed by atoms with Gasteiger partial charge in [-0.05, 0) is 46.8 Å². The Morgan fingerprint density at radius 2 is 2.00 bits per heavy atom. The fourth-order valence-corrected chi connectivity index (χ4v) is 0.869. The number of nitrogens with zero attached hydrogens (tertiary/aromatic N) is 1. The predicted octanol–water partition coefficient (Wildman–Crippen LogP) is 1.50. The molecule has 0 heterocycles. The summed E-state index contributed by atoms with van der Waals surface area (Å²) in [6, 6.07) is 0. The van der Waals surface area contributed by atoms with Crippen molar-refractivity contribution in [3.63, 3.8) is 0 Å². The van der Waals surface area contributed by atoms with Crippen molar-refractivity contribution in [2.75, 3.05) is 20.6 Å². The molecule has 0 aromatic heterocycles. The molecular formula is C9H17NO. The number of hydrogen-bond donors (Lipinski definition) is 0. The smallest absolute Gasteiger partial charge is 0.123 e. The van der Waals surface area contributed by atoms with Gasteiger partial charge in [0.1, 0.15) is 5.94 Å². The summed E-state index contributed by atoms with van der Waals surface area (Å²) in [5.74, 6) is 1.91. The molecule has 11 heavy (non-hydrogen) atoms. The largest absolute Gasteiger partial charge is 0.309 e. The van der Waals surface area contributed by atoms with Crippen molar-refractivity contribution in [3.8, 4) is 0 Å². The highest BCUT2D eigenvalue weighted by Gasteiger charge is 1.92. The minimum atomic E-state index is 0.837. The molecule has 0 aliphatic carbocycles. The maximum atomic E-state index is 10.1. The number of hydrogen-bond acceptors (Lipinski definition) is 2. The van der Waals surface area contributed by atoms with Crippen molar-refractivity contribution in [2.24, 2.45) is 0 Å². The van der Waals surface area contributed by atoms with Gasteiger partial charge in [0, 0.05) is 5.57 Å². The molecule has 0 saturated heterocycles. The minimum absolute atomic E-state index is 0.837. The number of unbranched alkanes of at least 4 members (excludes halogenated alkanes) is 1.